The third kappa shape index (κ3) is 2.86. The van der Waals surface area contributed by atoms with Crippen LogP contribution in [0.15, 0.2) is 47.1 Å². The van der Waals surface area contributed by atoms with Crippen molar-refractivity contribution in [2.45, 2.75) is 0 Å². The predicted molar refractivity (Wildman–Crippen MR) is 91.3 cm³/mol. The molecular weight excluding hydrogens is 364 g/mol. The van der Waals surface area contributed by atoms with E-state index in [1.54, 1.807) is 18.2 Å². The number of carbonyl (C=O) groups excluding carboxylic acids is 1. The molecule has 0 unspecified atom stereocenters. The highest BCUT2D eigenvalue weighted by Gasteiger charge is 2.26. The average Bonchev–Trinajstić information content (AvgIpc) is 3.22. The topological polar surface area (TPSA) is 100 Å². The smallest absolute Gasteiger partial charge is 0.363 e. The van der Waals surface area contributed by atoms with E-state index in [1.807, 2.05) is 0 Å². The second-order valence-corrected chi connectivity index (χ2v) is 5.79. The van der Waals surface area contributed by atoms with Crippen molar-refractivity contribution in [3.63, 3.8) is 0 Å². The number of rotatable bonds is 3. The van der Waals surface area contributed by atoms with Crippen LogP contribution in [0.5, 0.6) is 11.5 Å². The molecule has 26 heavy (non-hydrogen) atoms. The summed E-state index contributed by atoms with van der Waals surface area (Å²) in [7, 11) is 0. The molecule has 9 heteroatoms. The van der Waals surface area contributed by atoms with E-state index in [1.165, 1.54) is 24.3 Å². The first-order chi connectivity index (χ1) is 12.5. The lowest BCUT2D eigenvalue weighted by atomic mass is 10.1. The molecule has 0 spiro atoms. The van der Waals surface area contributed by atoms with Gasteiger partial charge in [-0.1, -0.05) is 17.7 Å². The van der Waals surface area contributed by atoms with E-state index < -0.39 is 10.9 Å². The van der Waals surface area contributed by atoms with Crippen LogP contribution < -0.4 is 9.47 Å². The second-order valence-electron chi connectivity index (χ2n) is 5.38. The van der Waals surface area contributed by atoms with Crippen molar-refractivity contribution in [2.24, 2.45) is 4.99 Å². The molecule has 2 aromatic rings. The number of fused-ring (bicyclic) bond motifs is 1. The Bertz CT molecular complexity index is 1010. The highest BCUT2D eigenvalue weighted by atomic mass is 35.5. The van der Waals surface area contributed by atoms with Gasteiger partial charge in [0.05, 0.1) is 9.95 Å². The normalized spacial score (nSPS) is 16.6. The van der Waals surface area contributed by atoms with Crippen molar-refractivity contribution in [2.75, 3.05) is 6.79 Å². The molecule has 0 radical (unpaired) electrons. The van der Waals surface area contributed by atoms with Crippen LogP contribution in [0.2, 0.25) is 5.02 Å². The van der Waals surface area contributed by atoms with Gasteiger partial charge in [0.2, 0.25) is 12.7 Å². The van der Waals surface area contributed by atoms with Crippen LogP contribution >= 0.6 is 11.6 Å². The van der Waals surface area contributed by atoms with E-state index in [4.69, 9.17) is 25.8 Å². The minimum absolute atomic E-state index is 0.00297. The Morgan fingerprint density at radius 3 is 2.88 bits per heavy atom. The molecule has 2 aromatic carbocycles. The molecule has 0 amide bonds. The van der Waals surface area contributed by atoms with Crippen LogP contribution in [0.4, 0.5) is 5.69 Å². The van der Waals surface area contributed by atoms with Crippen molar-refractivity contribution >= 4 is 35.2 Å². The summed E-state index contributed by atoms with van der Waals surface area (Å²) >= 11 is 6.12. The van der Waals surface area contributed by atoms with Crippen LogP contribution in [0.25, 0.3) is 6.08 Å². The Morgan fingerprint density at radius 1 is 1.23 bits per heavy atom. The molecule has 130 valence electrons. The number of nitrogens with zero attached hydrogens (tertiary/aromatic N) is 2. The Morgan fingerprint density at radius 2 is 2.08 bits per heavy atom. The zero-order valence-electron chi connectivity index (χ0n) is 13.0. The van der Waals surface area contributed by atoms with Crippen molar-refractivity contribution in [1.82, 2.24) is 0 Å². The van der Waals surface area contributed by atoms with E-state index in [-0.39, 0.29) is 24.1 Å². The molecule has 2 aliphatic rings. The molecule has 0 aliphatic carbocycles. The lowest BCUT2D eigenvalue weighted by Crippen LogP contribution is -2.05. The molecule has 0 fully saturated rings. The minimum atomic E-state index is -0.666. The Balaban J connectivity index is 1.69. The number of ether oxygens (including phenoxy) is 3. The minimum Gasteiger partial charge on any atom is -0.454 e. The van der Waals surface area contributed by atoms with E-state index in [0.717, 1.165) is 0 Å². The van der Waals surface area contributed by atoms with Gasteiger partial charge < -0.3 is 14.2 Å². The summed E-state index contributed by atoms with van der Waals surface area (Å²) < 4.78 is 15.6. The monoisotopic (exact) mass is 372 g/mol. The number of aliphatic imine (C=N–C) groups is 1. The number of halogens is 1. The Labute approximate surface area is 151 Å². The fraction of sp³-hybridized carbons (Fsp3) is 0.0588. The first kappa shape index (κ1) is 16.1. The third-order valence-electron chi connectivity index (χ3n) is 3.68. The van der Waals surface area contributed by atoms with E-state index in [9.17, 15) is 14.9 Å². The van der Waals surface area contributed by atoms with Crippen molar-refractivity contribution in [3.8, 4) is 11.5 Å². The first-order valence-corrected chi connectivity index (χ1v) is 7.75. The summed E-state index contributed by atoms with van der Waals surface area (Å²) in [6.07, 6.45) is 1.49. The number of nitro benzene ring substituents is 1. The highest BCUT2D eigenvalue weighted by Crippen LogP contribution is 2.40. The van der Waals surface area contributed by atoms with Crippen molar-refractivity contribution < 1.29 is 23.9 Å². The maximum absolute atomic E-state index is 12.1. The molecule has 0 N–H and O–H groups in total. The van der Waals surface area contributed by atoms with Gasteiger partial charge in [0.1, 0.15) is 0 Å². The molecule has 0 bridgehead atoms. The van der Waals surface area contributed by atoms with Crippen LogP contribution in [-0.4, -0.2) is 23.6 Å². The van der Waals surface area contributed by atoms with Crippen LogP contribution in [0.3, 0.4) is 0 Å². The van der Waals surface area contributed by atoms with E-state index in [2.05, 4.69) is 4.99 Å². The van der Waals surface area contributed by atoms with Gasteiger partial charge in [-0.3, -0.25) is 10.1 Å². The summed E-state index contributed by atoms with van der Waals surface area (Å²) in [4.78, 5) is 26.5. The summed E-state index contributed by atoms with van der Waals surface area (Å²) in [6, 6.07) is 8.95. The number of carbonyl (C=O) groups is 1. The molecule has 0 atom stereocenters. The molecule has 2 heterocycles. The lowest BCUT2D eigenvalue weighted by Gasteiger charge is -2.01. The van der Waals surface area contributed by atoms with Gasteiger partial charge in [0, 0.05) is 17.7 Å². The Kier molecular flexibility index (Phi) is 3.81. The van der Waals surface area contributed by atoms with Crippen LogP contribution in [0, 0.1) is 10.1 Å². The largest absolute Gasteiger partial charge is 0.454 e. The van der Waals surface area contributed by atoms with Crippen molar-refractivity contribution in [3.05, 3.63) is 68.4 Å². The van der Waals surface area contributed by atoms with Gasteiger partial charge >= 0.3 is 5.97 Å². The molecule has 0 aromatic heterocycles. The summed E-state index contributed by atoms with van der Waals surface area (Å²) in [6.45, 7) is 0.0756. The van der Waals surface area contributed by atoms with Gasteiger partial charge in [-0.15, -0.1) is 0 Å². The number of hydrogen-bond acceptors (Lipinski definition) is 7. The van der Waals surface area contributed by atoms with Gasteiger partial charge in [-0.05, 0) is 29.8 Å². The fourth-order valence-corrected chi connectivity index (χ4v) is 2.79. The first-order valence-electron chi connectivity index (χ1n) is 7.38. The van der Waals surface area contributed by atoms with Gasteiger partial charge in [0.25, 0.3) is 5.69 Å². The van der Waals surface area contributed by atoms with E-state index >= 15 is 0 Å². The maximum Gasteiger partial charge on any atom is 0.363 e. The lowest BCUT2D eigenvalue weighted by molar-refractivity contribution is -0.384. The fourth-order valence-electron chi connectivity index (χ4n) is 2.51. The van der Waals surface area contributed by atoms with Gasteiger partial charge in [0.15, 0.2) is 17.2 Å². The standard InChI is InChI=1S/C17H9ClN2O6/c18-12-4-9(6-14-15(12)25-8-24-14)5-13-17(21)26-16(19-13)10-2-1-3-11(7-10)20(22)23/h1-7H,8H2/b13-5-. The number of hydrogen-bond donors (Lipinski definition) is 0. The average molecular weight is 373 g/mol. The summed E-state index contributed by atoms with van der Waals surface area (Å²) in [5, 5.41) is 11.2. The van der Waals surface area contributed by atoms with Crippen LogP contribution in [0.1, 0.15) is 11.1 Å². The number of esters is 1. The number of nitro groups is 1. The predicted octanol–water partition coefficient (Wildman–Crippen LogP) is 3.32. The summed E-state index contributed by atoms with van der Waals surface area (Å²) in [5.74, 6) is 0.249. The molecule has 0 saturated carbocycles. The molecule has 2 aliphatic heterocycles. The SMILES string of the molecule is O=C1OC(c2cccc([N+](=O)[O-])c2)=N/C1=C\c1cc(Cl)c2c(c1)OCO2. The van der Waals surface area contributed by atoms with Crippen molar-refractivity contribution in [1.29, 1.82) is 0 Å². The highest BCUT2D eigenvalue weighted by molar-refractivity contribution is 6.32. The van der Waals surface area contributed by atoms with Gasteiger partial charge in [-0.25, -0.2) is 9.79 Å². The summed E-state index contributed by atoms with van der Waals surface area (Å²) in [5.41, 5.74) is 0.831. The quantitative estimate of drug-likeness (QED) is 0.354. The zero-order chi connectivity index (χ0) is 18.3. The Hall–Kier alpha value is -3.39. The number of benzene rings is 2. The van der Waals surface area contributed by atoms with E-state index in [0.29, 0.717) is 27.6 Å². The van der Waals surface area contributed by atoms with Crippen LogP contribution in [-0.2, 0) is 9.53 Å². The second kappa shape index (κ2) is 6.16. The molecule has 0 saturated heterocycles. The zero-order valence-corrected chi connectivity index (χ0v) is 13.7. The maximum atomic E-state index is 12.1. The molecular formula is C17H9ClN2O6. The molecule has 8 nitrogen and oxygen atoms in total. The van der Waals surface area contributed by atoms with Gasteiger partial charge in [-0.2, -0.15) is 0 Å². The third-order valence-corrected chi connectivity index (χ3v) is 3.96. The molecule has 4 rings (SSSR count). The number of cyclic esters (lactones) is 1. The number of non-ortho nitro benzene ring substituents is 1.